The highest BCUT2D eigenvalue weighted by atomic mass is 16.5. The van der Waals surface area contributed by atoms with E-state index in [-0.39, 0.29) is 17.1 Å². The summed E-state index contributed by atoms with van der Waals surface area (Å²) >= 11 is 0. The Morgan fingerprint density at radius 2 is 1.84 bits per heavy atom. The van der Waals surface area contributed by atoms with Crippen molar-refractivity contribution < 1.29 is 33.8 Å². The van der Waals surface area contributed by atoms with Crippen LogP contribution >= 0.6 is 0 Å². The van der Waals surface area contributed by atoms with E-state index in [0.29, 0.717) is 11.3 Å². The number of carboxylic acid groups (broad SMARTS) is 1. The fraction of sp³-hybridized carbons (Fsp3) is 0.217. The van der Waals surface area contributed by atoms with Gasteiger partial charge >= 0.3 is 12.0 Å². The number of amides is 4. The zero-order valence-electron chi connectivity index (χ0n) is 18.0. The predicted molar refractivity (Wildman–Crippen MR) is 116 cm³/mol. The lowest BCUT2D eigenvalue weighted by Crippen LogP contribution is -2.54. The van der Waals surface area contributed by atoms with E-state index in [4.69, 9.17) is 14.6 Å². The van der Waals surface area contributed by atoms with Gasteiger partial charge in [0.1, 0.15) is 5.57 Å². The van der Waals surface area contributed by atoms with E-state index >= 15 is 0 Å². The molecule has 2 aromatic rings. The third-order valence-electron chi connectivity index (χ3n) is 5.07. The lowest BCUT2D eigenvalue weighted by molar-refractivity contribution is -0.144. The van der Waals surface area contributed by atoms with Gasteiger partial charge in [-0.15, -0.1) is 0 Å². The minimum absolute atomic E-state index is 0.191. The number of urea groups is 1. The van der Waals surface area contributed by atoms with Gasteiger partial charge in [0.15, 0.2) is 17.6 Å². The first kappa shape index (κ1) is 22.5. The van der Waals surface area contributed by atoms with Crippen LogP contribution in [0.2, 0.25) is 0 Å². The molecule has 0 bridgehead atoms. The topological polar surface area (TPSA) is 122 Å². The molecule has 2 N–H and O–H groups in total. The minimum atomic E-state index is -1.14. The quantitative estimate of drug-likeness (QED) is 0.525. The second-order valence-electron chi connectivity index (χ2n) is 7.19. The van der Waals surface area contributed by atoms with Crippen LogP contribution in [0.4, 0.5) is 10.5 Å². The number of carbonyl (C=O) groups is 4. The number of anilines is 1. The number of carbonyl (C=O) groups excluding carboxylic acids is 3. The Balaban J connectivity index is 1.99. The summed E-state index contributed by atoms with van der Waals surface area (Å²) in [5, 5.41) is 11.2. The van der Waals surface area contributed by atoms with Gasteiger partial charge in [-0.25, -0.2) is 14.5 Å². The van der Waals surface area contributed by atoms with Crippen LogP contribution in [0, 0.1) is 13.8 Å². The number of nitrogens with zero attached hydrogens (tertiary/aromatic N) is 1. The molecule has 1 heterocycles. The van der Waals surface area contributed by atoms with Gasteiger partial charge in [0.25, 0.3) is 11.8 Å². The molecule has 32 heavy (non-hydrogen) atoms. The number of imide groups is 2. The van der Waals surface area contributed by atoms with E-state index in [2.05, 4.69) is 5.32 Å². The Hall–Kier alpha value is -4.14. The molecule has 166 valence electrons. The third kappa shape index (κ3) is 4.31. The molecule has 0 spiro atoms. The van der Waals surface area contributed by atoms with Gasteiger partial charge in [0.2, 0.25) is 0 Å². The van der Waals surface area contributed by atoms with Crippen molar-refractivity contribution in [2.45, 2.75) is 26.9 Å². The third-order valence-corrected chi connectivity index (χ3v) is 5.07. The number of hydrogen-bond acceptors (Lipinski definition) is 6. The second kappa shape index (κ2) is 8.93. The first-order valence-corrected chi connectivity index (χ1v) is 9.69. The minimum Gasteiger partial charge on any atom is -0.493 e. The Morgan fingerprint density at radius 1 is 1.12 bits per heavy atom. The number of nitrogens with one attached hydrogen (secondary N) is 1. The maximum Gasteiger partial charge on any atom is 0.344 e. The van der Waals surface area contributed by atoms with Crippen LogP contribution in [0.3, 0.4) is 0 Å². The van der Waals surface area contributed by atoms with Crippen molar-refractivity contribution in [2.75, 3.05) is 12.0 Å². The van der Waals surface area contributed by atoms with Gasteiger partial charge in [-0.1, -0.05) is 18.2 Å². The summed E-state index contributed by atoms with van der Waals surface area (Å²) in [7, 11) is 1.38. The average Bonchev–Trinajstić information content (AvgIpc) is 2.74. The molecule has 1 aliphatic rings. The first-order chi connectivity index (χ1) is 15.1. The molecule has 0 aromatic heterocycles. The number of benzene rings is 2. The number of ether oxygens (including phenoxy) is 2. The van der Waals surface area contributed by atoms with Crippen LogP contribution in [-0.4, -0.2) is 42.1 Å². The van der Waals surface area contributed by atoms with Crippen LogP contribution in [0.1, 0.15) is 23.6 Å². The molecule has 3 rings (SSSR count). The summed E-state index contributed by atoms with van der Waals surface area (Å²) in [6.45, 7) is 5.02. The van der Waals surface area contributed by atoms with Gasteiger partial charge in [-0.3, -0.25) is 14.9 Å². The summed E-state index contributed by atoms with van der Waals surface area (Å²) in [6, 6.07) is 8.90. The van der Waals surface area contributed by atoms with E-state index in [1.165, 1.54) is 32.2 Å². The largest absolute Gasteiger partial charge is 0.493 e. The molecule has 1 saturated heterocycles. The van der Waals surface area contributed by atoms with Crippen molar-refractivity contribution in [3.63, 3.8) is 0 Å². The molecule has 9 nitrogen and oxygen atoms in total. The van der Waals surface area contributed by atoms with Crippen molar-refractivity contribution in [2.24, 2.45) is 0 Å². The van der Waals surface area contributed by atoms with E-state index in [9.17, 15) is 19.2 Å². The number of carboxylic acids is 1. The Morgan fingerprint density at radius 3 is 2.50 bits per heavy atom. The van der Waals surface area contributed by atoms with Crippen molar-refractivity contribution >= 4 is 35.6 Å². The summed E-state index contributed by atoms with van der Waals surface area (Å²) in [4.78, 5) is 49.9. The Bertz CT molecular complexity index is 1150. The van der Waals surface area contributed by atoms with Gasteiger partial charge < -0.3 is 14.6 Å². The molecular formula is C23H22N2O7. The zero-order chi connectivity index (χ0) is 23.6. The molecule has 9 heteroatoms. The summed E-state index contributed by atoms with van der Waals surface area (Å²) in [5.74, 6) is -2.31. The van der Waals surface area contributed by atoms with Crippen molar-refractivity contribution in [1.82, 2.24) is 5.32 Å². The van der Waals surface area contributed by atoms with Crippen molar-refractivity contribution in [3.05, 3.63) is 58.7 Å². The average molecular weight is 438 g/mol. The van der Waals surface area contributed by atoms with Gasteiger partial charge in [-0.2, -0.15) is 0 Å². The lowest BCUT2D eigenvalue weighted by Gasteiger charge is -2.28. The molecule has 0 saturated carbocycles. The monoisotopic (exact) mass is 438 g/mol. The van der Waals surface area contributed by atoms with Crippen LogP contribution < -0.4 is 19.7 Å². The van der Waals surface area contributed by atoms with E-state index in [1.807, 2.05) is 13.0 Å². The molecule has 0 radical (unpaired) electrons. The molecule has 1 fully saturated rings. The predicted octanol–water partition coefficient (Wildman–Crippen LogP) is 2.83. The SMILES string of the molecule is COc1cc(/C=C2\C(=O)NC(=O)N(c3cccc(C)c3C)C2=O)ccc1O[C@H](C)C(=O)O. The van der Waals surface area contributed by atoms with Crippen molar-refractivity contribution in [1.29, 1.82) is 0 Å². The number of methoxy groups -OCH3 is 1. The summed E-state index contributed by atoms with van der Waals surface area (Å²) < 4.78 is 10.6. The Labute approximate surface area is 184 Å². The number of barbiturate groups is 1. The van der Waals surface area contributed by atoms with Crippen LogP contribution in [0.25, 0.3) is 6.08 Å². The van der Waals surface area contributed by atoms with Gasteiger partial charge in [0.05, 0.1) is 12.8 Å². The molecule has 2 aromatic carbocycles. The maximum atomic E-state index is 13.1. The van der Waals surface area contributed by atoms with E-state index < -0.39 is 29.9 Å². The second-order valence-corrected chi connectivity index (χ2v) is 7.19. The van der Waals surface area contributed by atoms with E-state index in [1.54, 1.807) is 25.1 Å². The molecule has 1 atom stereocenters. The van der Waals surface area contributed by atoms with Crippen LogP contribution in [0.15, 0.2) is 42.0 Å². The molecule has 1 aliphatic heterocycles. The number of aliphatic carboxylic acids is 1. The number of hydrogen-bond donors (Lipinski definition) is 2. The number of rotatable bonds is 6. The normalized spacial score (nSPS) is 16.1. The van der Waals surface area contributed by atoms with Gasteiger partial charge in [0, 0.05) is 0 Å². The highest BCUT2D eigenvalue weighted by Crippen LogP contribution is 2.31. The lowest BCUT2D eigenvalue weighted by atomic mass is 10.0. The van der Waals surface area contributed by atoms with Crippen LogP contribution in [0.5, 0.6) is 11.5 Å². The smallest absolute Gasteiger partial charge is 0.344 e. The number of aryl methyl sites for hydroxylation is 1. The first-order valence-electron chi connectivity index (χ1n) is 9.69. The summed E-state index contributed by atoms with van der Waals surface area (Å²) in [5.41, 5.74) is 2.20. The molecule has 4 amide bonds. The highest BCUT2D eigenvalue weighted by Gasteiger charge is 2.37. The summed E-state index contributed by atoms with van der Waals surface area (Å²) in [6.07, 6.45) is 0.228. The fourth-order valence-corrected chi connectivity index (χ4v) is 3.13. The standard InChI is InChI=1S/C23H22N2O7/c1-12-6-5-7-17(13(12)2)25-21(27)16(20(26)24-23(25)30)10-15-8-9-18(19(11-15)31-4)32-14(3)22(28)29/h5-11,14H,1-4H3,(H,28,29)(H,24,26,30)/b16-10+/t14-/m1/s1. The van der Waals surface area contributed by atoms with Crippen molar-refractivity contribution in [3.8, 4) is 11.5 Å². The molecule has 0 unspecified atom stereocenters. The van der Waals surface area contributed by atoms with E-state index in [0.717, 1.165) is 16.0 Å². The zero-order valence-corrected chi connectivity index (χ0v) is 18.0. The maximum absolute atomic E-state index is 13.1. The van der Waals surface area contributed by atoms with Crippen LogP contribution in [-0.2, 0) is 14.4 Å². The molecular weight excluding hydrogens is 416 g/mol. The highest BCUT2D eigenvalue weighted by molar-refractivity contribution is 6.39. The Kier molecular flexibility index (Phi) is 6.29. The fourth-order valence-electron chi connectivity index (χ4n) is 3.13. The van der Waals surface area contributed by atoms with Gasteiger partial charge in [-0.05, 0) is 61.7 Å². The molecule has 0 aliphatic carbocycles.